The molecule has 0 fully saturated rings. The lowest BCUT2D eigenvalue weighted by Gasteiger charge is -2.42. The van der Waals surface area contributed by atoms with E-state index in [2.05, 4.69) is 46.7 Å². The van der Waals surface area contributed by atoms with Gasteiger partial charge in [-0.3, -0.25) is 4.90 Å². The first-order chi connectivity index (χ1) is 20.5. The van der Waals surface area contributed by atoms with E-state index in [4.69, 9.17) is 0 Å². The van der Waals surface area contributed by atoms with Crippen LogP contribution in [0, 0.1) is 0 Å². The van der Waals surface area contributed by atoms with Crippen LogP contribution in [0.25, 0.3) is 0 Å². The summed E-state index contributed by atoms with van der Waals surface area (Å²) in [5.41, 5.74) is 0. The van der Waals surface area contributed by atoms with Gasteiger partial charge in [-0.1, -0.05) is 188 Å². The fourth-order valence-electron chi connectivity index (χ4n) is 6.73. The van der Waals surface area contributed by atoms with E-state index in [0.717, 1.165) is 0 Å². The maximum Gasteiger partial charge on any atom is 0.142 e. The van der Waals surface area contributed by atoms with Gasteiger partial charge in [0, 0.05) is 20.0 Å². The zero-order valence-electron chi connectivity index (χ0n) is 30.8. The highest BCUT2D eigenvalue weighted by Crippen LogP contribution is 2.19. The van der Waals surface area contributed by atoms with Gasteiger partial charge in [-0.2, -0.15) is 0 Å². The molecule has 0 saturated carbocycles. The van der Waals surface area contributed by atoms with Crippen molar-refractivity contribution in [1.29, 1.82) is 0 Å². The number of hydrogen-bond acceptors (Lipinski definition) is 1. The maximum atomic E-state index is 2.89. The molecule has 2 heteroatoms. The molecule has 1 unspecified atom stereocenters. The van der Waals surface area contributed by atoms with Crippen LogP contribution in [0.15, 0.2) is 0 Å². The van der Waals surface area contributed by atoms with Gasteiger partial charge in [-0.25, -0.2) is 0 Å². The van der Waals surface area contributed by atoms with Crippen molar-refractivity contribution in [2.24, 2.45) is 0 Å². The molecule has 0 amide bonds. The molecule has 0 bridgehead atoms. The molecule has 0 aromatic carbocycles. The molecule has 254 valence electrons. The van der Waals surface area contributed by atoms with E-state index >= 15 is 0 Å². The van der Waals surface area contributed by atoms with Crippen molar-refractivity contribution in [3.05, 3.63) is 0 Å². The maximum absolute atomic E-state index is 2.89. The molecule has 0 rings (SSSR count). The van der Waals surface area contributed by atoms with Crippen molar-refractivity contribution >= 4 is 0 Å². The SMILES string of the molecule is CCCCCCCCCCCCCCCC[N+](C)(C)C(C)N(CCCCCCCCCC)CCCCCCCCCC. The summed E-state index contributed by atoms with van der Waals surface area (Å²) in [6, 6.07) is 0. The Morgan fingerprint density at radius 2 is 0.595 bits per heavy atom. The molecule has 42 heavy (non-hydrogen) atoms. The molecular weight excluding hydrogens is 508 g/mol. The summed E-state index contributed by atoms with van der Waals surface area (Å²) < 4.78 is 1.17. The topological polar surface area (TPSA) is 3.24 Å². The van der Waals surface area contributed by atoms with E-state index < -0.39 is 0 Å². The first-order valence-corrected chi connectivity index (χ1v) is 20.1. The van der Waals surface area contributed by atoms with Gasteiger partial charge in [-0.05, 0) is 25.7 Å². The van der Waals surface area contributed by atoms with E-state index in [1.807, 2.05) is 0 Å². The summed E-state index contributed by atoms with van der Waals surface area (Å²) in [7, 11) is 5.03. The van der Waals surface area contributed by atoms with Crippen molar-refractivity contribution in [1.82, 2.24) is 4.90 Å². The first-order valence-electron chi connectivity index (χ1n) is 20.1. The Bertz CT molecular complexity index is 482. The number of hydrogen-bond donors (Lipinski definition) is 0. The highest BCUT2D eigenvalue weighted by molar-refractivity contribution is 4.63. The van der Waals surface area contributed by atoms with E-state index in [-0.39, 0.29) is 0 Å². The predicted octanol–water partition coefficient (Wildman–Crippen LogP) is 13.5. The Labute approximate surface area is 269 Å². The lowest BCUT2D eigenvalue weighted by molar-refractivity contribution is -0.925. The van der Waals surface area contributed by atoms with Crippen LogP contribution in [0.3, 0.4) is 0 Å². The quantitative estimate of drug-likeness (QED) is 0.0401. The second-order valence-electron chi connectivity index (χ2n) is 14.7. The van der Waals surface area contributed by atoms with Gasteiger partial charge >= 0.3 is 0 Å². The van der Waals surface area contributed by atoms with E-state index in [0.29, 0.717) is 6.17 Å². The molecule has 0 N–H and O–H groups in total. The fourth-order valence-corrected chi connectivity index (χ4v) is 6.73. The second-order valence-corrected chi connectivity index (χ2v) is 14.7. The molecule has 0 spiro atoms. The Hall–Kier alpha value is -0.0800. The average Bonchev–Trinajstić information content (AvgIpc) is 2.98. The van der Waals surface area contributed by atoms with Crippen molar-refractivity contribution < 1.29 is 4.48 Å². The van der Waals surface area contributed by atoms with Gasteiger partial charge in [0.25, 0.3) is 0 Å². The second kappa shape index (κ2) is 32.3. The van der Waals surface area contributed by atoms with Crippen LogP contribution in [-0.2, 0) is 0 Å². The van der Waals surface area contributed by atoms with Gasteiger partial charge in [0.15, 0.2) is 0 Å². The monoisotopic (exact) mass is 594 g/mol. The Morgan fingerprint density at radius 3 is 0.881 bits per heavy atom. The average molecular weight is 594 g/mol. The molecule has 0 aliphatic heterocycles. The highest BCUT2D eigenvalue weighted by Gasteiger charge is 2.28. The van der Waals surface area contributed by atoms with E-state index in [1.165, 1.54) is 217 Å². The van der Waals surface area contributed by atoms with Crippen LogP contribution < -0.4 is 0 Å². The Balaban J connectivity index is 4.24. The summed E-state index contributed by atoms with van der Waals surface area (Å²) in [6.45, 7) is 13.5. The Morgan fingerprint density at radius 1 is 0.357 bits per heavy atom. The van der Waals surface area contributed by atoms with Gasteiger partial charge in [0.2, 0.25) is 0 Å². The van der Waals surface area contributed by atoms with Crippen LogP contribution in [0.5, 0.6) is 0 Å². The van der Waals surface area contributed by atoms with Gasteiger partial charge in [0.1, 0.15) is 6.17 Å². The third-order valence-electron chi connectivity index (χ3n) is 10.2. The van der Waals surface area contributed by atoms with Gasteiger partial charge in [-0.15, -0.1) is 0 Å². The number of rotatable bonds is 35. The summed E-state index contributed by atoms with van der Waals surface area (Å²) in [6.07, 6.45) is 43.8. The third kappa shape index (κ3) is 27.5. The summed E-state index contributed by atoms with van der Waals surface area (Å²) in [5.74, 6) is 0. The van der Waals surface area contributed by atoms with E-state index in [1.54, 1.807) is 0 Å². The standard InChI is InChI=1S/C40H85N2/c1-7-10-13-16-19-22-23-24-25-26-27-30-33-36-39-42(5,6)40(4)41(37-34-31-28-20-17-14-11-8-2)38-35-32-29-21-18-15-12-9-3/h40H,7-39H2,1-6H3/q+1. The van der Waals surface area contributed by atoms with Crippen molar-refractivity contribution in [2.45, 2.75) is 226 Å². The zero-order chi connectivity index (χ0) is 31.0. The minimum absolute atomic E-state index is 0.640. The minimum atomic E-state index is 0.640. The minimum Gasteiger partial charge on any atom is -0.314 e. The van der Waals surface area contributed by atoms with Crippen LogP contribution in [-0.4, -0.2) is 49.3 Å². The Kier molecular flexibility index (Phi) is 32.3. The molecule has 0 aliphatic carbocycles. The van der Waals surface area contributed by atoms with Gasteiger partial charge < -0.3 is 4.48 Å². The number of nitrogens with zero attached hydrogens (tertiary/aromatic N) is 2. The fraction of sp³-hybridized carbons (Fsp3) is 1.00. The van der Waals surface area contributed by atoms with Crippen molar-refractivity contribution in [2.75, 3.05) is 33.7 Å². The number of quaternary nitrogens is 1. The van der Waals surface area contributed by atoms with Crippen molar-refractivity contribution in [3.63, 3.8) is 0 Å². The molecule has 0 saturated heterocycles. The van der Waals surface area contributed by atoms with Gasteiger partial charge in [0.05, 0.1) is 20.6 Å². The molecule has 0 heterocycles. The predicted molar refractivity (Wildman–Crippen MR) is 194 cm³/mol. The van der Waals surface area contributed by atoms with Crippen LogP contribution >= 0.6 is 0 Å². The number of unbranched alkanes of at least 4 members (excludes halogenated alkanes) is 27. The normalized spacial score (nSPS) is 12.9. The molecule has 1 atom stereocenters. The molecule has 0 aromatic rings. The molecule has 0 aromatic heterocycles. The molecule has 0 radical (unpaired) electrons. The molecule has 0 aliphatic rings. The third-order valence-corrected chi connectivity index (χ3v) is 10.2. The smallest absolute Gasteiger partial charge is 0.142 e. The highest BCUT2D eigenvalue weighted by atomic mass is 15.4. The molecular formula is C40H85N2+. The van der Waals surface area contributed by atoms with E-state index in [9.17, 15) is 0 Å². The first kappa shape index (κ1) is 41.9. The van der Waals surface area contributed by atoms with Crippen molar-refractivity contribution in [3.8, 4) is 0 Å². The lowest BCUT2D eigenvalue weighted by Crippen LogP contribution is -2.56. The summed E-state index contributed by atoms with van der Waals surface area (Å²) in [5, 5.41) is 0. The zero-order valence-corrected chi connectivity index (χ0v) is 30.8. The largest absolute Gasteiger partial charge is 0.314 e. The van der Waals surface area contributed by atoms with Crippen LogP contribution in [0.4, 0.5) is 0 Å². The summed E-state index contributed by atoms with van der Waals surface area (Å²) in [4.78, 5) is 2.89. The summed E-state index contributed by atoms with van der Waals surface area (Å²) >= 11 is 0. The van der Waals surface area contributed by atoms with Crippen LogP contribution in [0.1, 0.15) is 220 Å². The van der Waals surface area contributed by atoms with Crippen LogP contribution in [0.2, 0.25) is 0 Å². The lowest BCUT2D eigenvalue weighted by atomic mass is 10.0. The molecule has 2 nitrogen and oxygen atoms in total.